The van der Waals surface area contributed by atoms with Crippen LogP contribution in [-0.4, -0.2) is 31.1 Å². The van der Waals surface area contributed by atoms with Crippen molar-refractivity contribution < 1.29 is 0 Å². The first kappa shape index (κ1) is 14.2. The first-order chi connectivity index (χ1) is 8.04. The summed E-state index contributed by atoms with van der Waals surface area (Å²) < 4.78 is 0. The Kier molecular flexibility index (Phi) is 5.66. The van der Waals surface area contributed by atoms with E-state index in [-0.39, 0.29) is 0 Å². The monoisotopic (exact) mass is 234 g/mol. The Bertz CT molecular complexity index is 347. The summed E-state index contributed by atoms with van der Waals surface area (Å²) in [6, 6.07) is 7.06. The Morgan fingerprint density at radius 1 is 1.29 bits per heavy atom. The lowest BCUT2D eigenvalue weighted by molar-refractivity contribution is 0.309. The fourth-order valence-corrected chi connectivity index (χ4v) is 1.95. The largest absolute Gasteiger partial charge is 0.309 e. The average Bonchev–Trinajstić information content (AvgIpc) is 2.31. The average molecular weight is 234 g/mol. The molecular formula is C15H26N2. The Morgan fingerprint density at radius 2 is 2.00 bits per heavy atom. The van der Waals surface area contributed by atoms with Crippen molar-refractivity contribution in [3.63, 3.8) is 0 Å². The predicted molar refractivity (Wildman–Crippen MR) is 75.4 cm³/mol. The summed E-state index contributed by atoms with van der Waals surface area (Å²) in [5.41, 5.74) is 4.20. The van der Waals surface area contributed by atoms with Crippen LogP contribution < -0.4 is 5.32 Å². The Balaban J connectivity index is 2.47. The number of hydrogen-bond donors (Lipinski definition) is 1. The molecule has 1 rings (SSSR count). The van der Waals surface area contributed by atoms with Crippen LogP contribution >= 0.6 is 0 Å². The molecule has 1 N–H and O–H groups in total. The molecule has 1 unspecified atom stereocenters. The highest BCUT2D eigenvalue weighted by atomic mass is 15.1. The van der Waals surface area contributed by atoms with Crippen LogP contribution in [0.3, 0.4) is 0 Å². The lowest BCUT2D eigenvalue weighted by Gasteiger charge is -2.21. The van der Waals surface area contributed by atoms with Gasteiger partial charge in [0.1, 0.15) is 0 Å². The molecule has 0 aliphatic rings. The van der Waals surface area contributed by atoms with Crippen molar-refractivity contribution in [2.45, 2.75) is 40.3 Å². The predicted octanol–water partition coefficient (Wildman–Crippen LogP) is 2.73. The van der Waals surface area contributed by atoms with Gasteiger partial charge in [-0.2, -0.15) is 0 Å². The van der Waals surface area contributed by atoms with Gasteiger partial charge in [0, 0.05) is 19.1 Å². The fraction of sp³-hybridized carbons (Fsp3) is 0.600. The lowest BCUT2D eigenvalue weighted by Crippen LogP contribution is -2.37. The summed E-state index contributed by atoms with van der Waals surface area (Å²) in [5, 5.41) is 3.59. The summed E-state index contributed by atoms with van der Waals surface area (Å²) in [6.07, 6.45) is 0. The maximum Gasteiger partial charge on any atom is 0.0211 e. The Hall–Kier alpha value is -0.860. The highest BCUT2D eigenvalue weighted by Gasteiger charge is 2.06. The molecule has 0 bridgehead atoms. The van der Waals surface area contributed by atoms with Crippen LogP contribution in [0.4, 0.5) is 0 Å². The van der Waals surface area contributed by atoms with Gasteiger partial charge in [0.25, 0.3) is 0 Å². The zero-order valence-electron chi connectivity index (χ0n) is 11.9. The summed E-state index contributed by atoms with van der Waals surface area (Å²) in [6.45, 7) is 12.0. The first-order valence-corrected chi connectivity index (χ1v) is 6.51. The molecule has 0 aliphatic heterocycles. The molecule has 1 aromatic carbocycles. The van der Waals surface area contributed by atoms with E-state index in [1.807, 2.05) is 0 Å². The maximum atomic E-state index is 3.59. The quantitative estimate of drug-likeness (QED) is 0.814. The number of likely N-dealkylation sites (N-methyl/N-ethyl adjacent to an activating group) is 1. The van der Waals surface area contributed by atoms with Gasteiger partial charge in [-0.1, -0.05) is 25.1 Å². The third-order valence-electron chi connectivity index (χ3n) is 3.48. The van der Waals surface area contributed by atoms with Crippen LogP contribution in [0.1, 0.15) is 30.5 Å². The Morgan fingerprint density at radius 3 is 2.65 bits per heavy atom. The van der Waals surface area contributed by atoms with E-state index in [9.17, 15) is 0 Å². The number of hydrogen-bond acceptors (Lipinski definition) is 2. The van der Waals surface area contributed by atoms with Crippen molar-refractivity contribution in [1.29, 1.82) is 0 Å². The highest BCUT2D eigenvalue weighted by Crippen LogP contribution is 2.12. The zero-order valence-corrected chi connectivity index (χ0v) is 11.9. The molecule has 0 fully saturated rings. The third kappa shape index (κ3) is 4.49. The maximum absolute atomic E-state index is 3.59. The second-order valence-electron chi connectivity index (χ2n) is 5.00. The number of nitrogens with zero attached hydrogens (tertiary/aromatic N) is 1. The van der Waals surface area contributed by atoms with Gasteiger partial charge in [-0.25, -0.2) is 0 Å². The van der Waals surface area contributed by atoms with E-state index in [0.29, 0.717) is 6.04 Å². The van der Waals surface area contributed by atoms with Crippen molar-refractivity contribution in [3.8, 4) is 0 Å². The zero-order chi connectivity index (χ0) is 12.8. The van der Waals surface area contributed by atoms with Crippen molar-refractivity contribution >= 4 is 0 Å². The molecule has 1 aromatic rings. The van der Waals surface area contributed by atoms with E-state index in [2.05, 4.69) is 63.2 Å². The van der Waals surface area contributed by atoms with Gasteiger partial charge in [0.05, 0.1) is 0 Å². The molecule has 2 heteroatoms. The van der Waals surface area contributed by atoms with E-state index in [1.54, 1.807) is 0 Å². The molecule has 0 amide bonds. The van der Waals surface area contributed by atoms with Crippen LogP contribution in [0.15, 0.2) is 18.2 Å². The lowest BCUT2D eigenvalue weighted by atomic mass is 10.0. The molecule has 17 heavy (non-hydrogen) atoms. The number of benzene rings is 1. The normalized spacial score (nSPS) is 13.1. The summed E-state index contributed by atoms with van der Waals surface area (Å²) >= 11 is 0. The van der Waals surface area contributed by atoms with Gasteiger partial charge in [-0.15, -0.1) is 0 Å². The molecule has 0 heterocycles. The van der Waals surface area contributed by atoms with Crippen molar-refractivity contribution in [2.75, 3.05) is 20.1 Å². The van der Waals surface area contributed by atoms with Gasteiger partial charge in [0.2, 0.25) is 0 Å². The Labute approximate surface area is 106 Å². The molecule has 0 radical (unpaired) electrons. The molecule has 2 nitrogen and oxygen atoms in total. The summed E-state index contributed by atoms with van der Waals surface area (Å²) in [4.78, 5) is 2.33. The van der Waals surface area contributed by atoms with Crippen LogP contribution in [0.5, 0.6) is 0 Å². The third-order valence-corrected chi connectivity index (χ3v) is 3.48. The topological polar surface area (TPSA) is 15.3 Å². The summed E-state index contributed by atoms with van der Waals surface area (Å²) in [5.74, 6) is 0. The van der Waals surface area contributed by atoms with Crippen molar-refractivity contribution in [2.24, 2.45) is 0 Å². The minimum absolute atomic E-state index is 0.528. The van der Waals surface area contributed by atoms with E-state index in [1.165, 1.54) is 16.7 Å². The van der Waals surface area contributed by atoms with Gasteiger partial charge in [-0.3, -0.25) is 0 Å². The second-order valence-corrected chi connectivity index (χ2v) is 5.00. The van der Waals surface area contributed by atoms with Crippen LogP contribution in [-0.2, 0) is 6.54 Å². The molecule has 0 aromatic heterocycles. The number of rotatable bonds is 6. The van der Waals surface area contributed by atoms with Gasteiger partial charge < -0.3 is 10.2 Å². The smallest absolute Gasteiger partial charge is 0.0211 e. The molecule has 1 atom stereocenters. The number of aryl methyl sites for hydroxylation is 1. The fourth-order valence-electron chi connectivity index (χ4n) is 1.95. The first-order valence-electron chi connectivity index (χ1n) is 6.51. The van der Waals surface area contributed by atoms with E-state index in [4.69, 9.17) is 0 Å². The highest BCUT2D eigenvalue weighted by molar-refractivity contribution is 5.32. The summed E-state index contributed by atoms with van der Waals surface area (Å²) in [7, 11) is 2.16. The van der Waals surface area contributed by atoms with E-state index < -0.39 is 0 Å². The van der Waals surface area contributed by atoms with Gasteiger partial charge >= 0.3 is 0 Å². The second kappa shape index (κ2) is 6.77. The molecule has 0 saturated heterocycles. The van der Waals surface area contributed by atoms with Gasteiger partial charge in [-0.05, 0) is 51.1 Å². The molecule has 0 aliphatic carbocycles. The minimum atomic E-state index is 0.528. The van der Waals surface area contributed by atoms with Crippen LogP contribution in [0.25, 0.3) is 0 Å². The van der Waals surface area contributed by atoms with Crippen molar-refractivity contribution in [1.82, 2.24) is 10.2 Å². The SMILES string of the molecule is CCN(C)CC(C)NCc1cccc(C)c1C. The molecule has 96 valence electrons. The van der Waals surface area contributed by atoms with E-state index >= 15 is 0 Å². The van der Waals surface area contributed by atoms with Crippen LogP contribution in [0.2, 0.25) is 0 Å². The molecule has 0 spiro atoms. The standard InChI is InChI=1S/C15H26N2/c1-6-17(5)11-13(3)16-10-15-9-7-8-12(2)14(15)4/h7-9,13,16H,6,10-11H2,1-5H3. The molecule has 0 saturated carbocycles. The number of nitrogens with one attached hydrogen (secondary N) is 1. The van der Waals surface area contributed by atoms with Gasteiger partial charge in [0.15, 0.2) is 0 Å². The van der Waals surface area contributed by atoms with Crippen LogP contribution in [0, 0.1) is 13.8 Å². The van der Waals surface area contributed by atoms with E-state index in [0.717, 1.165) is 19.6 Å². The molecular weight excluding hydrogens is 208 g/mol. The minimum Gasteiger partial charge on any atom is -0.309 e. The van der Waals surface area contributed by atoms with Crippen molar-refractivity contribution in [3.05, 3.63) is 34.9 Å².